The van der Waals surface area contributed by atoms with Gasteiger partial charge >= 0.3 is 0 Å². The fourth-order valence-electron chi connectivity index (χ4n) is 3.43. The van der Waals surface area contributed by atoms with Crippen LogP contribution >= 0.6 is 0 Å². The Bertz CT molecular complexity index is 926. The first-order valence-corrected chi connectivity index (χ1v) is 10.4. The molecule has 3 rings (SSSR count). The maximum Gasteiger partial charge on any atom is 0.119 e. The van der Waals surface area contributed by atoms with Crippen LogP contribution in [0.15, 0.2) is 72.8 Å². The molecule has 5 heteroatoms. The maximum absolute atomic E-state index is 9.72. The molecule has 3 aromatic rings. The van der Waals surface area contributed by atoms with Gasteiger partial charge in [-0.2, -0.15) is 0 Å². The zero-order valence-corrected chi connectivity index (χ0v) is 17.6. The smallest absolute Gasteiger partial charge is 0.119 e. The molecular weight excluding hydrogens is 392 g/mol. The van der Waals surface area contributed by atoms with Crippen molar-refractivity contribution in [3.05, 3.63) is 89.5 Å². The van der Waals surface area contributed by atoms with Crippen LogP contribution in [0, 0.1) is 0 Å². The van der Waals surface area contributed by atoms with E-state index in [2.05, 4.69) is 6.92 Å². The highest BCUT2D eigenvalue weighted by molar-refractivity contribution is 5.98. The normalized spacial score (nSPS) is 10.6. The van der Waals surface area contributed by atoms with Crippen molar-refractivity contribution in [1.29, 1.82) is 0 Å². The van der Waals surface area contributed by atoms with Crippen LogP contribution in [-0.2, 0) is 4.74 Å². The lowest BCUT2D eigenvalue weighted by atomic mass is 9.88. The molecule has 0 aromatic heterocycles. The number of phenols is 2. The van der Waals surface area contributed by atoms with Gasteiger partial charge in [-0.3, -0.25) is 0 Å². The summed E-state index contributed by atoms with van der Waals surface area (Å²) in [6, 6.07) is 22.2. The number of allylic oxidation sites excluding steroid dienone is 1. The van der Waals surface area contributed by atoms with Gasteiger partial charge in [0.15, 0.2) is 0 Å². The van der Waals surface area contributed by atoms with Crippen molar-refractivity contribution in [2.24, 2.45) is 0 Å². The second-order valence-electron chi connectivity index (χ2n) is 7.01. The second kappa shape index (κ2) is 11.2. The number of benzene rings is 3. The summed E-state index contributed by atoms with van der Waals surface area (Å²) in [5, 5.41) is 28.2. The Morgan fingerprint density at radius 3 is 1.68 bits per heavy atom. The van der Waals surface area contributed by atoms with E-state index in [4.69, 9.17) is 14.6 Å². The first-order valence-electron chi connectivity index (χ1n) is 10.4. The maximum atomic E-state index is 9.72. The van der Waals surface area contributed by atoms with E-state index in [0.717, 1.165) is 40.0 Å². The van der Waals surface area contributed by atoms with E-state index in [9.17, 15) is 10.2 Å². The highest BCUT2D eigenvalue weighted by Crippen LogP contribution is 2.36. The zero-order valence-electron chi connectivity index (χ0n) is 17.6. The Morgan fingerprint density at radius 1 is 0.677 bits per heavy atom. The SMILES string of the molecule is CCC(=C(c1ccc(O)cc1)c1ccc(O)cc1)c1ccc(OCCOCCO)cc1. The van der Waals surface area contributed by atoms with Crippen LogP contribution in [0.2, 0.25) is 0 Å². The van der Waals surface area contributed by atoms with Crippen molar-refractivity contribution in [3.63, 3.8) is 0 Å². The van der Waals surface area contributed by atoms with E-state index in [1.807, 2.05) is 48.5 Å². The van der Waals surface area contributed by atoms with E-state index in [-0.39, 0.29) is 18.1 Å². The first-order chi connectivity index (χ1) is 15.1. The van der Waals surface area contributed by atoms with Crippen LogP contribution in [-0.4, -0.2) is 41.7 Å². The van der Waals surface area contributed by atoms with E-state index < -0.39 is 0 Å². The Kier molecular flexibility index (Phi) is 8.10. The Labute approximate surface area is 182 Å². The Morgan fingerprint density at radius 2 is 1.19 bits per heavy atom. The fraction of sp³-hybridized carbons (Fsp3) is 0.231. The lowest BCUT2D eigenvalue weighted by Gasteiger charge is -2.17. The van der Waals surface area contributed by atoms with E-state index in [0.29, 0.717) is 19.8 Å². The van der Waals surface area contributed by atoms with Gasteiger partial charge in [0, 0.05) is 0 Å². The number of aliphatic hydroxyl groups is 1. The summed E-state index contributed by atoms with van der Waals surface area (Å²) in [5.41, 5.74) is 5.24. The van der Waals surface area contributed by atoms with Gasteiger partial charge in [-0.25, -0.2) is 0 Å². The summed E-state index contributed by atoms with van der Waals surface area (Å²) in [4.78, 5) is 0. The van der Waals surface area contributed by atoms with Gasteiger partial charge < -0.3 is 24.8 Å². The minimum atomic E-state index is 0.00518. The number of hydrogen-bond acceptors (Lipinski definition) is 5. The van der Waals surface area contributed by atoms with Crippen LogP contribution in [0.4, 0.5) is 0 Å². The summed E-state index contributed by atoms with van der Waals surface area (Å²) >= 11 is 0. The van der Waals surface area contributed by atoms with Crippen LogP contribution in [0.5, 0.6) is 17.2 Å². The van der Waals surface area contributed by atoms with Gasteiger partial charge in [-0.05, 0) is 70.7 Å². The highest BCUT2D eigenvalue weighted by atomic mass is 16.5. The van der Waals surface area contributed by atoms with Crippen LogP contribution < -0.4 is 4.74 Å². The molecule has 0 fully saturated rings. The van der Waals surface area contributed by atoms with Gasteiger partial charge in [-0.15, -0.1) is 0 Å². The van der Waals surface area contributed by atoms with Crippen molar-refractivity contribution in [3.8, 4) is 17.2 Å². The summed E-state index contributed by atoms with van der Waals surface area (Å²) in [7, 11) is 0. The van der Waals surface area contributed by atoms with Crippen molar-refractivity contribution in [2.75, 3.05) is 26.4 Å². The molecule has 0 bridgehead atoms. The number of phenolic OH excluding ortho intramolecular Hbond substituents is 2. The average Bonchev–Trinajstić information content (AvgIpc) is 2.79. The van der Waals surface area contributed by atoms with Crippen molar-refractivity contribution >= 4 is 11.1 Å². The quantitative estimate of drug-likeness (QED) is 0.323. The average molecular weight is 421 g/mol. The molecule has 5 nitrogen and oxygen atoms in total. The Hall–Kier alpha value is -3.28. The molecule has 0 radical (unpaired) electrons. The number of hydrogen-bond donors (Lipinski definition) is 3. The molecule has 0 aliphatic heterocycles. The number of aromatic hydroxyl groups is 2. The zero-order chi connectivity index (χ0) is 22.1. The van der Waals surface area contributed by atoms with E-state index >= 15 is 0 Å². The third kappa shape index (κ3) is 6.10. The van der Waals surface area contributed by atoms with Gasteiger partial charge in [0.2, 0.25) is 0 Å². The molecule has 31 heavy (non-hydrogen) atoms. The standard InChI is InChI=1S/C26H28O5/c1-2-25(19-7-13-24(14-8-19)31-18-17-30-16-15-27)26(20-3-9-22(28)10-4-20)21-5-11-23(29)12-6-21/h3-14,27-29H,2,15-18H2,1H3. The molecule has 3 N–H and O–H groups in total. The molecule has 0 aliphatic rings. The van der Waals surface area contributed by atoms with Gasteiger partial charge in [0.1, 0.15) is 23.9 Å². The van der Waals surface area contributed by atoms with E-state index in [1.165, 1.54) is 0 Å². The number of ether oxygens (including phenoxy) is 2. The fourth-order valence-corrected chi connectivity index (χ4v) is 3.43. The summed E-state index contributed by atoms with van der Waals surface area (Å²) in [5.74, 6) is 1.19. The molecule has 0 amide bonds. The largest absolute Gasteiger partial charge is 0.508 e. The minimum Gasteiger partial charge on any atom is -0.508 e. The molecule has 0 saturated carbocycles. The molecule has 0 aliphatic carbocycles. The highest BCUT2D eigenvalue weighted by Gasteiger charge is 2.13. The summed E-state index contributed by atoms with van der Waals surface area (Å²) in [6.07, 6.45) is 0.798. The lowest BCUT2D eigenvalue weighted by molar-refractivity contribution is 0.0705. The predicted octanol–water partition coefficient (Wildman–Crippen LogP) is 4.85. The molecule has 0 saturated heterocycles. The molecule has 0 spiro atoms. The van der Waals surface area contributed by atoms with Crippen molar-refractivity contribution < 1.29 is 24.8 Å². The molecule has 0 unspecified atom stereocenters. The second-order valence-corrected chi connectivity index (χ2v) is 7.01. The molecule has 0 heterocycles. The predicted molar refractivity (Wildman–Crippen MR) is 122 cm³/mol. The monoisotopic (exact) mass is 420 g/mol. The van der Waals surface area contributed by atoms with Gasteiger partial charge in [0.25, 0.3) is 0 Å². The lowest BCUT2D eigenvalue weighted by Crippen LogP contribution is -2.09. The van der Waals surface area contributed by atoms with Crippen LogP contribution in [0.1, 0.15) is 30.0 Å². The topological polar surface area (TPSA) is 79.2 Å². The third-order valence-corrected chi connectivity index (χ3v) is 4.90. The molecular formula is C26H28O5. The first kappa shape index (κ1) is 22.4. The minimum absolute atomic E-state index is 0.00518. The number of rotatable bonds is 10. The summed E-state index contributed by atoms with van der Waals surface area (Å²) in [6.45, 7) is 3.27. The van der Waals surface area contributed by atoms with Crippen molar-refractivity contribution in [1.82, 2.24) is 0 Å². The third-order valence-electron chi connectivity index (χ3n) is 4.90. The molecule has 162 valence electrons. The summed E-state index contributed by atoms with van der Waals surface area (Å²) < 4.78 is 10.9. The van der Waals surface area contributed by atoms with E-state index in [1.54, 1.807) is 24.3 Å². The van der Waals surface area contributed by atoms with Gasteiger partial charge in [0.05, 0.1) is 19.8 Å². The molecule has 0 atom stereocenters. The molecule has 3 aromatic carbocycles. The van der Waals surface area contributed by atoms with Gasteiger partial charge in [-0.1, -0.05) is 43.3 Å². The Balaban J connectivity index is 1.93. The van der Waals surface area contributed by atoms with Crippen LogP contribution in [0.25, 0.3) is 11.1 Å². The number of aliphatic hydroxyl groups excluding tert-OH is 1. The van der Waals surface area contributed by atoms with Crippen LogP contribution in [0.3, 0.4) is 0 Å². The van der Waals surface area contributed by atoms with Crippen molar-refractivity contribution in [2.45, 2.75) is 13.3 Å².